The van der Waals surface area contributed by atoms with Gasteiger partial charge in [0.1, 0.15) is 10.2 Å². The summed E-state index contributed by atoms with van der Waals surface area (Å²) >= 11 is 5.04. The smallest absolute Gasteiger partial charge is 0.224 e. The first-order valence-corrected chi connectivity index (χ1v) is 5.13. The molecule has 0 bridgehead atoms. The van der Waals surface area contributed by atoms with Gasteiger partial charge >= 0.3 is 0 Å². The quantitative estimate of drug-likeness (QED) is 0.707. The van der Waals surface area contributed by atoms with E-state index in [1.807, 2.05) is 26.0 Å². The molecule has 0 aliphatic rings. The second-order valence-electron chi connectivity index (χ2n) is 3.67. The SMILES string of the molecule is CCCN(C)c1c(N(C)C)c(=O)c1=S. The van der Waals surface area contributed by atoms with Crippen LogP contribution in [-0.2, 0) is 0 Å². The van der Waals surface area contributed by atoms with E-state index in [1.54, 1.807) is 0 Å². The van der Waals surface area contributed by atoms with Crippen LogP contribution in [0.5, 0.6) is 0 Å². The van der Waals surface area contributed by atoms with Crippen molar-refractivity contribution in [2.75, 3.05) is 37.5 Å². The van der Waals surface area contributed by atoms with E-state index in [2.05, 4.69) is 11.8 Å². The van der Waals surface area contributed by atoms with Gasteiger partial charge in [0.05, 0.1) is 5.69 Å². The van der Waals surface area contributed by atoms with E-state index in [0.717, 1.165) is 24.3 Å². The monoisotopic (exact) mass is 212 g/mol. The van der Waals surface area contributed by atoms with Gasteiger partial charge in [0, 0.05) is 27.7 Å². The van der Waals surface area contributed by atoms with Crippen molar-refractivity contribution in [3.63, 3.8) is 0 Å². The first-order chi connectivity index (χ1) is 6.50. The average molecular weight is 212 g/mol. The van der Waals surface area contributed by atoms with Gasteiger partial charge in [0.15, 0.2) is 0 Å². The molecule has 0 N–H and O–H groups in total. The van der Waals surface area contributed by atoms with Crippen LogP contribution in [0.25, 0.3) is 0 Å². The van der Waals surface area contributed by atoms with Crippen molar-refractivity contribution in [3.05, 3.63) is 14.7 Å². The Balaban J connectivity index is 3.04. The highest BCUT2D eigenvalue weighted by atomic mass is 32.1. The van der Waals surface area contributed by atoms with Gasteiger partial charge in [0.2, 0.25) is 5.43 Å². The Labute approximate surface area is 89.6 Å². The third-order valence-corrected chi connectivity index (χ3v) is 2.63. The summed E-state index contributed by atoms with van der Waals surface area (Å²) < 4.78 is 0.477. The molecule has 78 valence electrons. The van der Waals surface area contributed by atoms with Crippen molar-refractivity contribution in [3.8, 4) is 0 Å². The minimum atomic E-state index is 0.00273. The first kappa shape index (κ1) is 11.2. The fraction of sp³-hybridized carbons (Fsp3) is 0.600. The maximum atomic E-state index is 11.5. The highest BCUT2D eigenvalue weighted by molar-refractivity contribution is 7.71. The van der Waals surface area contributed by atoms with Gasteiger partial charge in [-0.3, -0.25) is 4.79 Å². The molecule has 0 aliphatic carbocycles. The Morgan fingerprint density at radius 1 is 1.21 bits per heavy atom. The summed E-state index contributed by atoms with van der Waals surface area (Å²) in [4.78, 5) is 15.3. The largest absolute Gasteiger partial charge is 0.373 e. The van der Waals surface area contributed by atoms with Gasteiger partial charge in [-0.25, -0.2) is 0 Å². The zero-order valence-corrected chi connectivity index (χ0v) is 9.94. The molecule has 3 nitrogen and oxygen atoms in total. The number of hydrogen-bond donors (Lipinski definition) is 0. The Hall–Kier alpha value is -0.900. The normalized spacial score (nSPS) is 10.6. The lowest BCUT2D eigenvalue weighted by Gasteiger charge is -2.27. The highest BCUT2D eigenvalue weighted by Gasteiger charge is 2.21. The molecule has 14 heavy (non-hydrogen) atoms. The molecule has 0 atom stereocenters. The molecule has 0 heterocycles. The standard InChI is InChI=1S/C10H16N2OS/c1-5-6-12(4)8-7(11(2)3)9(13)10(8)14/h5-6H2,1-4H3. The third-order valence-electron chi connectivity index (χ3n) is 2.25. The Morgan fingerprint density at radius 3 is 2.21 bits per heavy atom. The van der Waals surface area contributed by atoms with Gasteiger partial charge in [-0.15, -0.1) is 0 Å². The summed E-state index contributed by atoms with van der Waals surface area (Å²) in [5.74, 6) is 0. The van der Waals surface area contributed by atoms with Gasteiger partial charge < -0.3 is 9.80 Å². The fourth-order valence-electron chi connectivity index (χ4n) is 1.58. The Kier molecular flexibility index (Phi) is 3.26. The molecule has 0 saturated heterocycles. The van der Waals surface area contributed by atoms with E-state index < -0.39 is 0 Å². The van der Waals surface area contributed by atoms with Crippen LogP contribution >= 0.6 is 12.2 Å². The molecule has 1 rings (SSSR count). The fourth-order valence-corrected chi connectivity index (χ4v) is 1.93. The molecule has 0 spiro atoms. The van der Waals surface area contributed by atoms with Crippen molar-refractivity contribution in [1.82, 2.24) is 0 Å². The number of nitrogens with zero attached hydrogens (tertiary/aromatic N) is 2. The van der Waals surface area contributed by atoms with Crippen LogP contribution in [0.15, 0.2) is 4.79 Å². The van der Waals surface area contributed by atoms with Gasteiger partial charge in [-0.2, -0.15) is 0 Å². The van der Waals surface area contributed by atoms with Crippen LogP contribution < -0.4 is 15.2 Å². The molecule has 1 aromatic carbocycles. The van der Waals surface area contributed by atoms with E-state index in [1.165, 1.54) is 0 Å². The van der Waals surface area contributed by atoms with E-state index in [0.29, 0.717) is 4.51 Å². The van der Waals surface area contributed by atoms with Crippen molar-refractivity contribution in [2.45, 2.75) is 13.3 Å². The zero-order valence-electron chi connectivity index (χ0n) is 9.13. The first-order valence-electron chi connectivity index (χ1n) is 4.72. The van der Waals surface area contributed by atoms with E-state index in [9.17, 15) is 4.79 Å². The summed E-state index contributed by atoms with van der Waals surface area (Å²) in [6.45, 7) is 3.04. The molecule has 0 unspecified atom stereocenters. The van der Waals surface area contributed by atoms with E-state index in [-0.39, 0.29) is 5.43 Å². The second-order valence-corrected chi connectivity index (χ2v) is 4.08. The average Bonchev–Trinajstić information content (AvgIpc) is 2.11. The van der Waals surface area contributed by atoms with Gasteiger partial charge in [-0.1, -0.05) is 19.1 Å². The highest BCUT2D eigenvalue weighted by Crippen LogP contribution is 2.28. The lowest BCUT2D eigenvalue weighted by molar-refractivity contribution is 0.843. The summed E-state index contributed by atoms with van der Waals surface area (Å²) in [5, 5.41) is 0. The van der Waals surface area contributed by atoms with Crippen LogP contribution in [0, 0.1) is 4.51 Å². The molecule has 0 radical (unpaired) electrons. The van der Waals surface area contributed by atoms with Crippen LogP contribution in [-0.4, -0.2) is 27.7 Å². The minimum Gasteiger partial charge on any atom is -0.373 e. The molecule has 0 saturated carbocycles. The minimum absolute atomic E-state index is 0.00273. The summed E-state index contributed by atoms with van der Waals surface area (Å²) in [6, 6.07) is 0. The summed E-state index contributed by atoms with van der Waals surface area (Å²) in [5.41, 5.74) is 1.67. The second kappa shape index (κ2) is 4.09. The van der Waals surface area contributed by atoms with E-state index >= 15 is 0 Å². The maximum absolute atomic E-state index is 11.5. The van der Waals surface area contributed by atoms with Crippen LogP contribution in [0.4, 0.5) is 11.4 Å². The van der Waals surface area contributed by atoms with Crippen molar-refractivity contribution in [1.29, 1.82) is 0 Å². The predicted molar refractivity (Wildman–Crippen MR) is 63.8 cm³/mol. The molecule has 1 aromatic rings. The Morgan fingerprint density at radius 2 is 1.79 bits per heavy atom. The molecule has 0 fully saturated rings. The lowest BCUT2D eigenvalue weighted by Crippen LogP contribution is -2.31. The van der Waals surface area contributed by atoms with Crippen LogP contribution in [0.1, 0.15) is 13.3 Å². The Bertz CT molecular complexity index is 391. The van der Waals surface area contributed by atoms with Crippen molar-refractivity contribution in [2.24, 2.45) is 0 Å². The van der Waals surface area contributed by atoms with Crippen LogP contribution in [0.2, 0.25) is 0 Å². The summed E-state index contributed by atoms with van der Waals surface area (Å²) in [7, 11) is 5.71. The molecular weight excluding hydrogens is 196 g/mol. The lowest BCUT2D eigenvalue weighted by atomic mass is 10.1. The van der Waals surface area contributed by atoms with Gasteiger partial charge in [-0.05, 0) is 6.42 Å². The van der Waals surface area contributed by atoms with Gasteiger partial charge in [0.25, 0.3) is 0 Å². The van der Waals surface area contributed by atoms with Crippen molar-refractivity contribution >= 4 is 23.6 Å². The van der Waals surface area contributed by atoms with E-state index in [4.69, 9.17) is 12.2 Å². The number of rotatable bonds is 4. The number of anilines is 2. The molecule has 0 aromatic heterocycles. The van der Waals surface area contributed by atoms with Crippen LogP contribution in [0.3, 0.4) is 0 Å². The predicted octanol–water partition coefficient (Wildman–Crippen LogP) is 1.56. The third kappa shape index (κ3) is 1.66. The zero-order chi connectivity index (χ0) is 10.9. The number of hydrogen-bond acceptors (Lipinski definition) is 4. The molecule has 0 aliphatic heterocycles. The topological polar surface area (TPSA) is 23.6 Å². The molecular formula is C10H16N2OS. The summed E-state index contributed by atoms with van der Waals surface area (Å²) in [6.07, 6.45) is 1.05. The molecule has 0 amide bonds. The van der Waals surface area contributed by atoms with Crippen molar-refractivity contribution < 1.29 is 0 Å². The molecule has 4 heteroatoms. The maximum Gasteiger partial charge on any atom is 0.224 e.